The van der Waals surface area contributed by atoms with Gasteiger partial charge in [-0.3, -0.25) is 14.5 Å². The maximum Gasteiger partial charge on any atom is 0.238 e. The average molecular weight is 436 g/mol. The smallest absolute Gasteiger partial charge is 0.238 e. The van der Waals surface area contributed by atoms with Gasteiger partial charge >= 0.3 is 0 Å². The Hall–Kier alpha value is -1.40. The molecule has 0 unspecified atom stereocenters. The summed E-state index contributed by atoms with van der Waals surface area (Å²) in [6, 6.07) is 5.82. The fourth-order valence-electron chi connectivity index (χ4n) is 4.01. The largest absolute Gasteiger partial charge is 0.342 e. The molecule has 0 bridgehead atoms. The van der Waals surface area contributed by atoms with Gasteiger partial charge in [0.05, 0.1) is 6.54 Å². The number of carbonyl (C=O) groups is 2. The van der Waals surface area contributed by atoms with Crippen molar-refractivity contribution < 1.29 is 9.59 Å². The second-order valence-corrected chi connectivity index (χ2v) is 8.66. The van der Waals surface area contributed by atoms with Crippen LogP contribution in [-0.2, 0) is 9.59 Å². The van der Waals surface area contributed by atoms with E-state index in [4.69, 9.17) is 0 Å². The molecule has 0 atom stereocenters. The van der Waals surface area contributed by atoms with Crippen LogP contribution in [0.4, 0.5) is 5.69 Å². The predicted molar refractivity (Wildman–Crippen MR) is 112 cm³/mol. The first-order chi connectivity index (χ1) is 13.0. The number of carbonyl (C=O) groups excluding carboxylic acids is 2. The summed E-state index contributed by atoms with van der Waals surface area (Å²) >= 11 is 3.47. The summed E-state index contributed by atoms with van der Waals surface area (Å²) in [5.74, 6) is 0.483. The molecule has 2 fully saturated rings. The monoisotopic (exact) mass is 435 g/mol. The number of rotatable bonds is 4. The number of hydrogen-bond acceptors (Lipinski definition) is 3. The zero-order valence-corrected chi connectivity index (χ0v) is 17.8. The normalized spacial score (nSPS) is 19.6. The van der Waals surface area contributed by atoms with E-state index in [1.807, 2.05) is 25.1 Å². The third kappa shape index (κ3) is 5.79. The lowest BCUT2D eigenvalue weighted by Gasteiger charge is -2.33. The molecule has 2 saturated heterocycles. The molecular formula is C21H30BrN3O2. The van der Waals surface area contributed by atoms with E-state index in [1.54, 1.807) is 0 Å². The van der Waals surface area contributed by atoms with Crippen molar-refractivity contribution in [2.75, 3.05) is 38.0 Å². The molecule has 0 spiro atoms. The van der Waals surface area contributed by atoms with Crippen LogP contribution < -0.4 is 5.32 Å². The van der Waals surface area contributed by atoms with E-state index in [0.717, 1.165) is 67.6 Å². The van der Waals surface area contributed by atoms with E-state index in [-0.39, 0.29) is 11.8 Å². The number of nitrogens with zero attached hydrogens (tertiary/aromatic N) is 2. The summed E-state index contributed by atoms with van der Waals surface area (Å²) in [5.41, 5.74) is 1.92. The van der Waals surface area contributed by atoms with Gasteiger partial charge in [-0.1, -0.05) is 28.8 Å². The lowest BCUT2D eigenvalue weighted by atomic mass is 9.95. The van der Waals surface area contributed by atoms with E-state index >= 15 is 0 Å². The first-order valence-electron chi connectivity index (χ1n) is 10.1. The van der Waals surface area contributed by atoms with Crippen LogP contribution in [0, 0.1) is 12.8 Å². The van der Waals surface area contributed by atoms with Crippen molar-refractivity contribution >= 4 is 33.4 Å². The molecule has 0 aromatic heterocycles. The molecule has 27 heavy (non-hydrogen) atoms. The maximum absolute atomic E-state index is 12.8. The van der Waals surface area contributed by atoms with Crippen LogP contribution >= 0.6 is 15.9 Å². The molecular weight excluding hydrogens is 406 g/mol. The topological polar surface area (TPSA) is 52.7 Å². The van der Waals surface area contributed by atoms with Crippen LogP contribution in [-0.4, -0.2) is 54.3 Å². The predicted octanol–water partition coefficient (Wildman–Crippen LogP) is 3.81. The van der Waals surface area contributed by atoms with Gasteiger partial charge in [-0.05, 0) is 69.5 Å². The average Bonchev–Trinajstić information content (AvgIpc) is 2.94. The fourth-order valence-corrected chi connectivity index (χ4v) is 4.26. The highest BCUT2D eigenvalue weighted by Gasteiger charge is 2.29. The summed E-state index contributed by atoms with van der Waals surface area (Å²) in [4.78, 5) is 29.3. The molecule has 2 amide bonds. The van der Waals surface area contributed by atoms with Gasteiger partial charge in [0, 0.05) is 29.2 Å². The first-order valence-corrected chi connectivity index (χ1v) is 10.9. The minimum Gasteiger partial charge on any atom is -0.342 e. The second kappa shape index (κ2) is 9.69. The van der Waals surface area contributed by atoms with Gasteiger partial charge in [0.2, 0.25) is 11.8 Å². The zero-order chi connectivity index (χ0) is 19.2. The fraction of sp³-hybridized carbons (Fsp3) is 0.619. The Bertz CT molecular complexity index is 663. The van der Waals surface area contributed by atoms with E-state index in [9.17, 15) is 9.59 Å². The summed E-state index contributed by atoms with van der Waals surface area (Å²) < 4.78 is 1.04. The Labute approximate surface area is 170 Å². The van der Waals surface area contributed by atoms with Crippen LogP contribution in [0.2, 0.25) is 0 Å². The molecule has 148 valence electrons. The Kier molecular flexibility index (Phi) is 7.30. The lowest BCUT2D eigenvalue weighted by molar-refractivity contribution is -0.137. The number of benzene rings is 1. The molecule has 2 heterocycles. The van der Waals surface area contributed by atoms with Gasteiger partial charge in [0.1, 0.15) is 0 Å². The van der Waals surface area contributed by atoms with Crippen LogP contribution in [0.1, 0.15) is 44.1 Å². The molecule has 3 rings (SSSR count). The third-order valence-corrected chi connectivity index (χ3v) is 6.55. The number of hydrogen-bond donors (Lipinski definition) is 1. The molecule has 0 radical (unpaired) electrons. The summed E-state index contributed by atoms with van der Waals surface area (Å²) in [5, 5.41) is 2.97. The Morgan fingerprint density at radius 3 is 2.37 bits per heavy atom. The summed E-state index contributed by atoms with van der Waals surface area (Å²) in [7, 11) is 0. The molecule has 6 heteroatoms. The Morgan fingerprint density at radius 2 is 1.74 bits per heavy atom. The highest BCUT2D eigenvalue weighted by atomic mass is 79.9. The first kappa shape index (κ1) is 20.3. The number of aryl methyl sites for hydroxylation is 1. The van der Waals surface area contributed by atoms with Crippen molar-refractivity contribution in [3.63, 3.8) is 0 Å². The molecule has 5 nitrogen and oxygen atoms in total. The van der Waals surface area contributed by atoms with Crippen LogP contribution in [0.15, 0.2) is 22.7 Å². The maximum atomic E-state index is 12.8. The SMILES string of the molecule is Cc1cc(NC(=O)CN2CCC(C(=O)N3CCCCCC3)CC2)ccc1Br. The molecule has 2 aliphatic heterocycles. The molecule has 1 N–H and O–H groups in total. The third-order valence-electron chi connectivity index (χ3n) is 5.66. The van der Waals surface area contributed by atoms with Gasteiger partial charge in [-0.25, -0.2) is 0 Å². The van der Waals surface area contributed by atoms with Crippen molar-refractivity contribution in [1.29, 1.82) is 0 Å². The standard InChI is InChI=1S/C21H30BrN3O2/c1-16-14-18(6-7-19(16)22)23-20(26)15-24-12-8-17(9-13-24)21(27)25-10-4-2-3-5-11-25/h6-7,14,17H,2-5,8-13,15H2,1H3,(H,23,26). The molecule has 0 aliphatic carbocycles. The molecule has 0 saturated carbocycles. The summed E-state index contributed by atoms with van der Waals surface area (Å²) in [6.45, 7) is 5.88. The quantitative estimate of drug-likeness (QED) is 0.781. The minimum atomic E-state index is 0.00835. The van der Waals surface area contributed by atoms with Crippen LogP contribution in [0.25, 0.3) is 0 Å². The number of nitrogens with one attached hydrogen (secondary N) is 1. The van der Waals surface area contributed by atoms with E-state index in [0.29, 0.717) is 12.5 Å². The number of anilines is 1. The van der Waals surface area contributed by atoms with Gasteiger partial charge in [-0.15, -0.1) is 0 Å². The van der Waals surface area contributed by atoms with Gasteiger partial charge in [0.25, 0.3) is 0 Å². The van der Waals surface area contributed by atoms with Gasteiger partial charge < -0.3 is 10.2 Å². The van der Waals surface area contributed by atoms with Gasteiger partial charge in [0.15, 0.2) is 0 Å². The van der Waals surface area contributed by atoms with Crippen molar-refractivity contribution in [2.24, 2.45) is 5.92 Å². The molecule has 1 aromatic rings. The molecule has 2 aliphatic rings. The molecule has 1 aromatic carbocycles. The van der Waals surface area contributed by atoms with Crippen molar-refractivity contribution in [2.45, 2.75) is 45.4 Å². The van der Waals surface area contributed by atoms with E-state index < -0.39 is 0 Å². The summed E-state index contributed by atoms with van der Waals surface area (Å²) in [6.07, 6.45) is 6.49. The number of piperidine rings is 1. The number of likely N-dealkylation sites (tertiary alicyclic amines) is 2. The number of amides is 2. The highest BCUT2D eigenvalue weighted by molar-refractivity contribution is 9.10. The van der Waals surface area contributed by atoms with Crippen molar-refractivity contribution in [3.05, 3.63) is 28.2 Å². The van der Waals surface area contributed by atoms with Gasteiger partial charge in [-0.2, -0.15) is 0 Å². The second-order valence-electron chi connectivity index (χ2n) is 7.80. The number of halogens is 1. The zero-order valence-electron chi connectivity index (χ0n) is 16.2. The van der Waals surface area contributed by atoms with E-state index in [1.165, 1.54) is 12.8 Å². The van der Waals surface area contributed by atoms with Crippen LogP contribution in [0.3, 0.4) is 0 Å². The van der Waals surface area contributed by atoms with Crippen molar-refractivity contribution in [3.8, 4) is 0 Å². The Balaban J connectivity index is 1.44. The van der Waals surface area contributed by atoms with Crippen molar-refractivity contribution in [1.82, 2.24) is 9.80 Å². The lowest BCUT2D eigenvalue weighted by Crippen LogP contribution is -2.44. The minimum absolute atomic E-state index is 0.00835. The van der Waals surface area contributed by atoms with Crippen LogP contribution in [0.5, 0.6) is 0 Å². The Morgan fingerprint density at radius 1 is 1.07 bits per heavy atom. The van der Waals surface area contributed by atoms with E-state index in [2.05, 4.69) is 31.0 Å². The highest BCUT2D eigenvalue weighted by Crippen LogP contribution is 2.22.